The number of hydrogen-bond donors (Lipinski definition) is 1. The highest BCUT2D eigenvalue weighted by molar-refractivity contribution is 7.16. The second-order valence-electron chi connectivity index (χ2n) is 7.46. The standard InChI is InChI=1S/C21H22FN3OS/c1-14-7-10-25(11-8-14)20-24-19(18(27-20)6-9-21(2,3)26)15-4-5-16(13-23)17(22)12-15/h4-5,12,14,26H,7-8,10-11H2,1-3H3. The number of rotatable bonds is 2. The first-order valence-electron chi connectivity index (χ1n) is 8.98. The monoisotopic (exact) mass is 383 g/mol. The van der Waals surface area contributed by atoms with E-state index in [1.54, 1.807) is 19.9 Å². The van der Waals surface area contributed by atoms with Crippen LogP contribution in [0.3, 0.4) is 0 Å². The first kappa shape index (κ1) is 19.4. The van der Waals surface area contributed by atoms with Crippen molar-refractivity contribution in [1.82, 2.24) is 4.98 Å². The van der Waals surface area contributed by atoms with Crippen LogP contribution in [-0.2, 0) is 0 Å². The summed E-state index contributed by atoms with van der Waals surface area (Å²) in [5, 5.41) is 19.7. The fourth-order valence-corrected chi connectivity index (χ4v) is 3.88. The SMILES string of the molecule is CC1CCN(c2nc(-c3ccc(C#N)c(F)c3)c(C#CC(C)(C)O)s2)CC1. The average Bonchev–Trinajstić information content (AvgIpc) is 3.04. The predicted molar refractivity (Wildman–Crippen MR) is 106 cm³/mol. The number of halogens is 1. The third-order valence-electron chi connectivity index (χ3n) is 4.51. The lowest BCUT2D eigenvalue weighted by molar-refractivity contribution is 0.143. The molecule has 1 fully saturated rings. The Morgan fingerprint density at radius 1 is 1.33 bits per heavy atom. The number of thiazole rings is 1. The van der Waals surface area contributed by atoms with Crippen molar-refractivity contribution in [2.45, 2.75) is 39.2 Å². The van der Waals surface area contributed by atoms with E-state index in [2.05, 4.69) is 23.7 Å². The molecule has 1 aromatic heterocycles. The van der Waals surface area contributed by atoms with Crippen LogP contribution in [0.2, 0.25) is 0 Å². The lowest BCUT2D eigenvalue weighted by Crippen LogP contribution is -2.32. The number of nitriles is 1. The van der Waals surface area contributed by atoms with E-state index in [0.29, 0.717) is 22.1 Å². The first-order chi connectivity index (χ1) is 12.8. The van der Waals surface area contributed by atoms with E-state index in [-0.39, 0.29) is 5.56 Å². The highest BCUT2D eigenvalue weighted by Gasteiger charge is 2.22. The lowest BCUT2D eigenvalue weighted by Gasteiger charge is -2.29. The maximum Gasteiger partial charge on any atom is 0.187 e. The molecule has 27 heavy (non-hydrogen) atoms. The summed E-state index contributed by atoms with van der Waals surface area (Å²) >= 11 is 1.46. The molecule has 0 saturated carbocycles. The molecule has 1 aliphatic rings. The van der Waals surface area contributed by atoms with E-state index in [1.807, 2.05) is 6.07 Å². The van der Waals surface area contributed by atoms with Gasteiger partial charge in [-0.15, -0.1) is 0 Å². The Kier molecular flexibility index (Phi) is 5.51. The molecule has 2 aromatic rings. The van der Waals surface area contributed by atoms with Crippen LogP contribution >= 0.6 is 11.3 Å². The largest absolute Gasteiger partial charge is 0.378 e. The van der Waals surface area contributed by atoms with Gasteiger partial charge < -0.3 is 10.0 Å². The molecule has 1 aliphatic heterocycles. The van der Waals surface area contributed by atoms with Crippen molar-refractivity contribution in [2.75, 3.05) is 18.0 Å². The molecule has 3 rings (SSSR count). The summed E-state index contributed by atoms with van der Waals surface area (Å²) in [5.41, 5.74) is 0.0503. The van der Waals surface area contributed by atoms with E-state index in [9.17, 15) is 9.50 Å². The Morgan fingerprint density at radius 3 is 2.63 bits per heavy atom. The molecule has 0 radical (unpaired) electrons. The van der Waals surface area contributed by atoms with E-state index in [0.717, 1.165) is 31.1 Å². The topological polar surface area (TPSA) is 60.2 Å². The van der Waals surface area contributed by atoms with Gasteiger partial charge in [-0.05, 0) is 44.7 Å². The Bertz CT molecular complexity index is 935. The molecule has 0 aliphatic carbocycles. The Morgan fingerprint density at radius 2 is 2.04 bits per heavy atom. The highest BCUT2D eigenvalue weighted by atomic mass is 32.1. The number of aromatic nitrogens is 1. The number of benzene rings is 1. The number of aliphatic hydroxyl groups is 1. The Hall–Kier alpha value is -2.41. The summed E-state index contributed by atoms with van der Waals surface area (Å²) in [6.45, 7) is 7.37. The molecule has 6 heteroatoms. The summed E-state index contributed by atoms with van der Waals surface area (Å²) in [7, 11) is 0. The lowest BCUT2D eigenvalue weighted by atomic mass is 10.00. The normalized spacial score (nSPS) is 15.2. The molecular weight excluding hydrogens is 361 g/mol. The summed E-state index contributed by atoms with van der Waals surface area (Å²) in [4.78, 5) is 7.67. The zero-order valence-electron chi connectivity index (χ0n) is 15.7. The minimum Gasteiger partial charge on any atom is -0.378 e. The number of piperidine rings is 1. The quantitative estimate of drug-likeness (QED) is 0.791. The van der Waals surface area contributed by atoms with Gasteiger partial charge in [-0.2, -0.15) is 5.26 Å². The fraction of sp³-hybridized carbons (Fsp3) is 0.429. The molecule has 0 spiro atoms. The van der Waals surface area contributed by atoms with E-state index in [4.69, 9.17) is 10.2 Å². The highest BCUT2D eigenvalue weighted by Crippen LogP contribution is 2.35. The molecular formula is C21H22FN3OS. The van der Waals surface area contributed by atoms with Gasteiger partial charge in [-0.1, -0.05) is 36.2 Å². The first-order valence-corrected chi connectivity index (χ1v) is 9.80. The van der Waals surface area contributed by atoms with Gasteiger partial charge >= 0.3 is 0 Å². The van der Waals surface area contributed by atoms with Crippen LogP contribution in [0.1, 0.15) is 44.1 Å². The van der Waals surface area contributed by atoms with Crippen LogP contribution in [-0.4, -0.2) is 28.8 Å². The maximum atomic E-state index is 14.1. The molecule has 1 N–H and O–H groups in total. The Balaban J connectivity index is 2.03. The molecule has 0 amide bonds. The van der Waals surface area contributed by atoms with Crippen molar-refractivity contribution in [3.05, 3.63) is 34.5 Å². The molecule has 1 aromatic carbocycles. The van der Waals surface area contributed by atoms with Crippen molar-refractivity contribution in [1.29, 1.82) is 5.26 Å². The van der Waals surface area contributed by atoms with Gasteiger partial charge in [-0.25, -0.2) is 9.37 Å². The smallest absolute Gasteiger partial charge is 0.187 e. The number of anilines is 1. The summed E-state index contributed by atoms with van der Waals surface area (Å²) < 4.78 is 14.1. The molecule has 0 unspecified atom stereocenters. The molecule has 4 nitrogen and oxygen atoms in total. The van der Waals surface area contributed by atoms with Crippen molar-refractivity contribution >= 4 is 16.5 Å². The second-order valence-corrected chi connectivity index (χ2v) is 8.44. The van der Waals surface area contributed by atoms with Crippen molar-refractivity contribution in [2.24, 2.45) is 5.92 Å². The van der Waals surface area contributed by atoms with E-state index in [1.165, 1.54) is 23.5 Å². The van der Waals surface area contributed by atoms with Crippen LogP contribution < -0.4 is 4.90 Å². The third-order valence-corrected chi connectivity index (χ3v) is 5.55. The molecule has 0 atom stereocenters. The average molecular weight is 383 g/mol. The predicted octanol–water partition coefficient (Wildman–Crippen LogP) is 4.18. The zero-order valence-corrected chi connectivity index (χ0v) is 16.5. The molecule has 0 bridgehead atoms. The summed E-state index contributed by atoms with van der Waals surface area (Å²) in [6, 6.07) is 6.30. The molecule has 140 valence electrons. The van der Waals surface area contributed by atoms with Crippen molar-refractivity contribution in [3.8, 4) is 29.2 Å². The summed E-state index contributed by atoms with van der Waals surface area (Å²) in [5.74, 6) is 5.97. The second kappa shape index (κ2) is 7.68. The van der Waals surface area contributed by atoms with Crippen LogP contribution in [0, 0.1) is 34.9 Å². The van der Waals surface area contributed by atoms with Gasteiger partial charge in [0.2, 0.25) is 0 Å². The minimum atomic E-state index is -1.13. The molecule has 2 heterocycles. The van der Waals surface area contributed by atoms with Gasteiger partial charge in [0.05, 0.1) is 11.3 Å². The molecule has 1 saturated heterocycles. The fourth-order valence-electron chi connectivity index (χ4n) is 2.89. The van der Waals surface area contributed by atoms with Gasteiger partial charge in [0.1, 0.15) is 22.4 Å². The van der Waals surface area contributed by atoms with Gasteiger partial charge in [0.15, 0.2) is 5.13 Å². The van der Waals surface area contributed by atoms with Gasteiger partial charge in [-0.3, -0.25) is 0 Å². The maximum absolute atomic E-state index is 14.1. The Labute approximate surface area is 163 Å². The van der Waals surface area contributed by atoms with Gasteiger partial charge in [0, 0.05) is 18.7 Å². The van der Waals surface area contributed by atoms with Crippen LogP contribution in [0.25, 0.3) is 11.3 Å². The zero-order chi connectivity index (χ0) is 19.6. The van der Waals surface area contributed by atoms with Crippen molar-refractivity contribution < 1.29 is 9.50 Å². The van der Waals surface area contributed by atoms with E-state index < -0.39 is 11.4 Å². The van der Waals surface area contributed by atoms with Crippen LogP contribution in [0.15, 0.2) is 18.2 Å². The minimum absolute atomic E-state index is 0.00310. The number of hydrogen-bond acceptors (Lipinski definition) is 5. The third kappa shape index (κ3) is 4.66. The van der Waals surface area contributed by atoms with Crippen LogP contribution in [0.5, 0.6) is 0 Å². The van der Waals surface area contributed by atoms with E-state index >= 15 is 0 Å². The number of nitrogens with zero attached hydrogens (tertiary/aromatic N) is 3. The van der Waals surface area contributed by atoms with Crippen molar-refractivity contribution in [3.63, 3.8) is 0 Å². The van der Waals surface area contributed by atoms with Crippen LogP contribution in [0.4, 0.5) is 9.52 Å². The van der Waals surface area contributed by atoms with Gasteiger partial charge in [0.25, 0.3) is 0 Å². The summed E-state index contributed by atoms with van der Waals surface area (Å²) in [6.07, 6.45) is 2.23.